The fraction of sp³-hybridized carbons (Fsp3) is 0.571. The lowest BCUT2D eigenvalue weighted by atomic mass is 9.99. The van der Waals surface area contributed by atoms with Crippen LogP contribution in [0, 0.1) is 0 Å². The van der Waals surface area contributed by atoms with Crippen LogP contribution in [0.4, 0.5) is 8.78 Å². The highest BCUT2D eigenvalue weighted by Crippen LogP contribution is 2.35. The number of para-hydroxylation sites is 1. The maximum atomic E-state index is 13.4. The van der Waals surface area contributed by atoms with Crippen LogP contribution in [0.25, 0.3) is 0 Å². The van der Waals surface area contributed by atoms with Crippen LogP contribution in [-0.4, -0.2) is 42.6 Å². The molecule has 5 heteroatoms. The van der Waals surface area contributed by atoms with Crippen LogP contribution in [0.15, 0.2) is 18.2 Å². The fourth-order valence-corrected chi connectivity index (χ4v) is 2.59. The van der Waals surface area contributed by atoms with Gasteiger partial charge in [0.25, 0.3) is 6.43 Å². The molecule has 0 amide bonds. The monoisotopic (exact) mass is 270 g/mol. The summed E-state index contributed by atoms with van der Waals surface area (Å²) in [6.07, 6.45) is -1.87. The molecule has 106 valence electrons. The highest BCUT2D eigenvalue weighted by Gasteiger charge is 2.32. The Morgan fingerprint density at radius 2 is 2.00 bits per heavy atom. The maximum absolute atomic E-state index is 13.4. The van der Waals surface area contributed by atoms with E-state index >= 15 is 0 Å². The van der Waals surface area contributed by atoms with E-state index in [1.807, 2.05) is 6.92 Å². The first-order valence-corrected chi connectivity index (χ1v) is 6.68. The zero-order valence-corrected chi connectivity index (χ0v) is 11.1. The van der Waals surface area contributed by atoms with Crippen molar-refractivity contribution in [3.63, 3.8) is 0 Å². The average molecular weight is 270 g/mol. The molecule has 1 saturated heterocycles. The summed E-state index contributed by atoms with van der Waals surface area (Å²) >= 11 is 0. The number of benzene rings is 1. The number of halogens is 2. The summed E-state index contributed by atoms with van der Waals surface area (Å²) in [5, 5.41) is 13.3. The van der Waals surface area contributed by atoms with Crippen molar-refractivity contribution in [1.82, 2.24) is 10.2 Å². The largest absolute Gasteiger partial charge is 0.507 e. The number of rotatable bonds is 4. The van der Waals surface area contributed by atoms with Gasteiger partial charge in [-0.15, -0.1) is 0 Å². The molecule has 19 heavy (non-hydrogen) atoms. The van der Waals surface area contributed by atoms with E-state index in [-0.39, 0.29) is 5.75 Å². The van der Waals surface area contributed by atoms with Crippen molar-refractivity contribution in [2.75, 3.05) is 26.2 Å². The summed E-state index contributed by atoms with van der Waals surface area (Å²) in [5.74, 6) is 0.0221. The lowest BCUT2D eigenvalue weighted by Gasteiger charge is -2.35. The van der Waals surface area contributed by atoms with Gasteiger partial charge in [-0.3, -0.25) is 4.90 Å². The zero-order chi connectivity index (χ0) is 13.8. The second-order valence-corrected chi connectivity index (χ2v) is 4.77. The predicted octanol–water partition coefficient (Wildman–Crippen LogP) is 2.17. The van der Waals surface area contributed by atoms with Gasteiger partial charge in [-0.1, -0.05) is 25.1 Å². The molecule has 1 aromatic carbocycles. The summed E-state index contributed by atoms with van der Waals surface area (Å²) in [5.41, 5.74) is 1.06. The third kappa shape index (κ3) is 3.04. The van der Waals surface area contributed by atoms with Crippen LogP contribution >= 0.6 is 0 Å². The molecular weight excluding hydrogens is 250 g/mol. The van der Waals surface area contributed by atoms with E-state index in [1.54, 1.807) is 23.1 Å². The summed E-state index contributed by atoms with van der Waals surface area (Å²) < 4.78 is 26.8. The first-order chi connectivity index (χ1) is 9.15. The number of hydrogen-bond acceptors (Lipinski definition) is 3. The summed E-state index contributed by atoms with van der Waals surface area (Å²) in [7, 11) is 0. The van der Waals surface area contributed by atoms with E-state index in [0.717, 1.165) is 5.56 Å². The lowest BCUT2D eigenvalue weighted by molar-refractivity contribution is 0.0170. The molecule has 0 aliphatic carbocycles. The molecule has 1 aliphatic rings. The Bertz CT molecular complexity index is 420. The third-order valence-corrected chi connectivity index (χ3v) is 3.63. The second kappa shape index (κ2) is 6.30. The number of nitrogens with one attached hydrogen (secondary N) is 1. The Hall–Kier alpha value is -1.20. The van der Waals surface area contributed by atoms with E-state index in [9.17, 15) is 13.9 Å². The van der Waals surface area contributed by atoms with Crippen LogP contribution in [-0.2, 0) is 6.42 Å². The summed E-state index contributed by atoms with van der Waals surface area (Å²) in [6, 6.07) is 4.10. The number of phenolic OH excluding ortho intramolecular Hbond substituents is 1. The highest BCUT2D eigenvalue weighted by atomic mass is 19.3. The van der Waals surface area contributed by atoms with Crippen molar-refractivity contribution in [3.05, 3.63) is 29.3 Å². The minimum absolute atomic E-state index is 0.0221. The molecule has 0 saturated carbocycles. The van der Waals surface area contributed by atoms with Crippen LogP contribution in [0.2, 0.25) is 0 Å². The number of phenols is 1. The molecule has 3 nitrogen and oxygen atoms in total. The smallest absolute Gasteiger partial charge is 0.258 e. The molecule has 0 spiro atoms. The highest BCUT2D eigenvalue weighted by molar-refractivity contribution is 5.42. The summed E-state index contributed by atoms with van der Waals surface area (Å²) in [6.45, 7) is 4.46. The van der Waals surface area contributed by atoms with Crippen molar-refractivity contribution >= 4 is 0 Å². The molecule has 0 radical (unpaired) electrons. The molecule has 0 aromatic heterocycles. The Labute approximate surface area is 112 Å². The molecule has 2 N–H and O–H groups in total. The molecular formula is C14H20F2N2O. The Balaban J connectivity index is 2.33. The van der Waals surface area contributed by atoms with Crippen molar-refractivity contribution in [2.45, 2.75) is 25.8 Å². The van der Waals surface area contributed by atoms with E-state index in [2.05, 4.69) is 5.32 Å². The van der Waals surface area contributed by atoms with Crippen molar-refractivity contribution < 1.29 is 13.9 Å². The number of alkyl halides is 2. The molecule has 2 rings (SSSR count). The van der Waals surface area contributed by atoms with Gasteiger partial charge in [0, 0.05) is 31.7 Å². The minimum Gasteiger partial charge on any atom is -0.507 e. The normalized spacial score (nSPS) is 18.7. The average Bonchev–Trinajstić information content (AvgIpc) is 2.42. The first-order valence-electron chi connectivity index (χ1n) is 6.68. The molecule has 1 heterocycles. The topological polar surface area (TPSA) is 35.5 Å². The maximum Gasteiger partial charge on any atom is 0.258 e. The van der Waals surface area contributed by atoms with Gasteiger partial charge >= 0.3 is 0 Å². The number of hydrogen-bond donors (Lipinski definition) is 2. The quantitative estimate of drug-likeness (QED) is 0.880. The minimum atomic E-state index is -2.50. The van der Waals surface area contributed by atoms with Crippen LogP contribution in [0.3, 0.4) is 0 Å². The van der Waals surface area contributed by atoms with E-state index in [0.29, 0.717) is 38.2 Å². The number of piperazine rings is 1. The number of aromatic hydroxyl groups is 1. The Morgan fingerprint density at radius 3 is 2.58 bits per heavy atom. The summed E-state index contributed by atoms with van der Waals surface area (Å²) in [4.78, 5) is 1.75. The SMILES string of the molecule is CCc1cccc([C@@H](C(F)F)N2CCNCC2)c1O. The van der Waals surface area contributed by atoms with Gasteiger partial charge in [0.15, 0.2) is 0 Å². The van der Waals surface area contributed by atoms with Crippen molar-refractivity contribution in [2.24, 2.45) is 0 Å². The van der Waals surface area contributed by atoms with Gasteiger partial charge in [0.05, 0.1) is 6.04 Å². The van der Waals surface area contributed by atoms with Crippen LogP contribution in [0.1, 0.15) is 24.1 Å². The molecule has 0 bridgehead atoms. The Kier molecular flexibility index (Phi) is 4.71. The fourth-order valence-electron chi connectivity index (χ4n) is 2.59. The standard InChI is InChI=1S/C14H20F2N2O/c1-2-10-4-3-5-11(13(10)19)12(14(15)16)18-8-6-17-7-9-18/h3-5,12,14,17,19H,2,6-9H2,1H3/t12-/m0/s1. The molecule has 1 aromatic rings. The van der Waals surface area contributed by atoms with E-state index in [4.69, 9.17) is 0 Å². The van der Waals surface area contributed by atoms with Crippen LogP contribution < -0.4 is 5.32 Å². The van der Waals surface area contributed by atoms with Gasteiger partial charge < -0.3 is 10.4 Å². The van der Waals surface area contributed by atoms with Crippen molar-refractivity contribution in [1.29, 1.82) is 0 Å². The third-order valence-electron chi connectivity index (χ3n) is 3.63. The molecule has 1 fully saturated rings. The van der Waals surface area contributed by atoms with E-state index in [1.165, 1.54) is 0 Å². The molecule has 1 atom stereocenters. The zero-order valence-electron chi connectivity index (χ0n) is 11.1. The second-order valence-electron chi connectivity index (χ2n) is 4.77. The van der Waals surface area contributed by atoms with Gasteiger partial charge in [-0.2, -0.15) is 0 Å². The van der Waals surface area contributed by atoms with Gasteiger partial charge in [0.1, 0.15) is 5.75 Å². The van der Waals surface area contributed by atoms with Gasteiger partial charge in [-0.05, 0) is 12.0 Å². The predicted molar refractivity (Wildman–Crippen MR) is 70.7 cm³/mol. The van der Waals surface area contributed by atoms with Gasteiger partial charge in [0.2, 0.25) is 0 Å². The number of nitrogens with zero attached hydrogens (tertiary/aromatic N) is 1. The molecule has 1 aliphatic heterocycles. The van der Waals surface area contributed by atoms with Crippen molar-refractivity contribution in [3.8, 4) is 5.75 Å². The molecule has 0 unspecified atom stereocenters. The Morgan fingerprint density at radius 1 is 1.32 bits per heavy atom. The number of aryl methyl sites for hydroxylation is 1. The van der Waals surface area contributed by atoms with Crippen LogP contribution in [0.5, 0.6) is 5.75 Å². The van der Waals surface area contributed by atoms with E-state index < -0.39 is 12.5 Å². The first kappa shape index (κ1) is 14.2. The van der Waals surface area contributed by atoms with Gasteiger partial charge in [-0.25, -0.2) is 8.78 Å². The lowest BCUT2D eigenvalue weighted by Crippen LogP contribution is -2.46.